The molecule has 0 spiro atoms. The minimum Gasteiger partial charge on any atom is -0.461 e. The number of carbonyl (C=O) groups is 1. The molecule has 0 aliphatic carbocycles. The lowest BCUT2D eigenvalue weighted by atomic mass is 10.1. The van der Waals surface area contributed by atoms with Gasteiger partial charge in [0.2, 0.25) is 0 Å². The monoisotopic (exact) mass is 303 g/mol. The molecule has 1 aliphatic rings. The minimum atomic E-state index is -0.0111. The summed E-state index contributed by atoms with van der Waals surface area (Å²) in [6.07, 6.45) is 7.50. The Hall–Kier alpha value is -1.35. The number of nitrogens with zero attached hydrogens (tertiary/aromatic N) is 1. The number of esters is 1. The van der Waals surface area contributed by atoms with Gasteiger partial charge in [-0.15, -0.1) is 0 Å². The molecule has 1 atom stereocenters. The zero-order chi connectivity index (χ0) is 15.6. The van der Waals surface area contributed by atoms with Crippen LogP contribution in [0.15, 0.2) is 30.3 Å². The molecule has 1 aromatic rings. The van der Waals surface area contributed by atoms with E-state index in [0.29, 0.717) is 6.42 Å². The predicted octanol–water partition coefficient (Wildman–Crippen LogP) is 4.16. The van der Waals surface area contributed by atoms with Crippen LogP contribution >= 0.6 is 0 Å². The summed E-state index contributed by atoms with van der Waals surface area (Å²) in [4.78, 5) is 14.2. The number of unbranched alkanes of at least 4 members (excludes halogenated alkanes) is 4. The molecule has 0 saturated carbocycles. The van der Waals surface area contributed by atoms with E-state index in [0.717, 1.165) is 38.9 Å². The minimum absolute atomic E-state index is 0.0111. The van der Waals surface area contributed by atoms with Gasteiger partial charge in [0.25, 0.3) is 0 Å². The molecular formula is C19H29NO2. The summed E-state index contributed by atoms with van der Waals surface area (Å²) < 4.78 is 5.61. The number of benzene rings is 1. The van der Waals surface area contributed by atoms with Gasteiger partial charge in [-0.05, 0) is 18.4 Å². The second-order valence-electron chi connectivity index (χ2n) is 6.29. The van der Waals surface area contributed by atoms with Gasteiger partial charge >= 0.3 is 5.97 Å². The van der Waals surface area contributed by atoms with Crippen molar-refractivity contribution in [2.24, 2.45) is 0 Å². The average Bonchev–Trinajstić information content (AvgIpc) is 2.95. The quantitative estimate of drug-likeness (QED) is 0.506. The van der Waals surface area contributed by atoms with E-state index < -0.39 is 0 Å². The maximum absolute atomic E-state index is 11.9. The number of likely N-dealkylation sites (tertiary alicyclic amines) is 1. The Morgan fingerprint density at radius 2 is 1.95 bits per heavy atom. The van der Waals surface area contributed by atoms with E-state index in [9.17, 15) is 4.79 Å². The molecule has 0 aromatic heterocycles. The normalized spacial score (nSPS) is 18.5. The lowest BCUT2D eigenvalue weighted by Crippen LogP contribution is -2.24. The van der Waals surface area contributed by atoms with E-state index in [4.69, 9.17) is 4.74 Å². The van der Waals surface area contributed by atoms with Gasteiger partial charge in [-0.2, -0.15) is 0 Å². The molecule has 1 aromatic carbocycles. The molecule has 1 unspecified atom stereocenters. The van der Waals surface area contributed by atoms with Crippen molar-refractivity contribution in [3.8, 4) is 0 Å². The molecule has 0 amide bonds. The van der Waals surface area contributed by atoms with Crippen molar-refractivity contribution < 1.29 is 9.53 Å². The number of hydrogen-bond donors (Lipinski definition) is 0. The van der Waals surface area contributed by atoms with Crippen LogP contribution in [0, 0.1) is 0 Å². The van der Waals surface area contributed by atoms with E-state index in [1.54, 1.807) is 0 Å². The molecule has 122 valence electrons. The average molecular weight is 303 g/mol. The van der Waals surface area contributed by atoms with Gasteiger partial charge in [-0.3, -0.25) is 9.69 Å². The molecular weight excluding hydrogens is 274 g/mol. The third-order valence-corrected chi connectivity index (χ3v) is 4.26. The summed E-state index contributed by atoms with van der Waals surface area (Å²) in [5, 5.41) is 0. The standard InChI is InChI=1S/C19H29NO2/c1-2-3-4-5-9-12-19(21)22-18-13-14-20(16-18)15-17-10-7-6-8-11-17/h6-8,10-11,18H,2-5,9,12-16H2,1H3. The van der Waals surface area contributed by atoms with Crippen LogP contribution in [0.1, 0.15) is 57.4 Å². The van der Waals surface area contributed by atoms with Crippen LogP contribution in [0.5, 0.6) is 0 Å². The number of ether oxygens (including phenoxy) is 1. The van der Waals surface area contributed by atoms with E-state index in [1.807, 2.05) is 6.07 Å². The van der Waals surface area contributed by atoms with Crippen molar-refractivity contribution in [2.75, 3.05) is 13.1 Å². The second kappa shape index (κ2) is 9.62. The largest absolute Gasteiger partial charge is 0.461 e. The molecule has 0 N–H and O–H groups in total. The third-order valence-electron chi connectivity index (χ3n) is 4.26. The molecule has 2 rings (SSSR count). The van der Waals surface area contributed by atoms with Crippen LogP contribution in [0.2, 0.25) is 0 Å². The van der Waals surface area contributed by atoms with Crippen LogP contribution < -0.4 is 0 Å². The first-order valence-electron chi connectivity index (χ1n) is 8.73. The first kappa shape index (κ1) is 17.0. The highest BCUT2D eigenvalue weighted by Gasteiger charge is 2.25. The van der Waals surface area contributed by atoms with Gasteiger partial charge in [0.1, 0.15) is 6.10 Å². The van der Waals surface area contributed by atoms with Crippen LogP contribution in [-0.4, -0.2) is 30.1 Å². The van der Waals surface area contributed by atoms with Crippen LogP contribution in [0.3, 0.4) is 0 Å². The number of rotatable bonds is 9. The van der Waals surface area contributed by atoms with Crippen molar-refractivity contribution in [1.29, 1.82) is 0 Å². The Kier molecular flexibility index (Phi) is 7.44. The number of hydrogen-bond acceptors (Lipinski definition) is 3. The molecule has 1 saturated heterocycles. The van der Waals surface area contributed by atoms with E-state index >= 15 is 0 Å². The topological polar surface area (TPSA) is 29.5 Å². The van der Waals surface area contributed by atoms with Gasteiger partial charge < -0.3 is 4.74 Å². The van der Waals surface area contributed by atoms with Crippen molar-refractivity contribution in [2.45, 2.75) is 64.5 Å². The van der Waals surface area contributed by atoms with E-state index in [-0.39, 0.29) is 12.1 Å². The maximum Gasteiger partial charge on any atom is 0.306 e. The van der Waals surface area contributed by atoms with Gasteiger partial charge in [0, 0.05) is 26.1 Å². The molecule has 3 nitrogen and oxygen atoms in total. The summed E-state index contributed by atoms with van der Waals surface area (Å²) in [6, 6.07) is 10.5. The lowest BCUT2D eigenvalue weighted by Gasteiger charge is -2.16. The summed E-state index contributed by atoms with van der Waals surface area (Å²) in [6.45, 7) is 5.04. The van der Waals surface area contributed by atoms with Gasteiger partial charge in [-0.25, -0.2) is 0 Å². The van der Waals surface area contributed by atoms with Crippen molar-refractivity contribution in [3.05, 3.63) is 35.9 Å². The Bertz CT molecular complexity index is 432. The van der Waals surface area contributed by atoms with Crippen LogP contribution in [-0.2, 0) is 16.1 Å². The fourth-order valence-corrected chi connectivity index (χ4v) is 3.00. The van der Waals surface area contributed by atoms with E-state index in [2.05, 4.69) is 36.1 Å². The Morgan fingerprint density at radius 1 is 1.18 bits per heavy atom. The molecule has 0 radical (unpaired) electrons. The van der Waals surface area contributed by atoms with E-state index in [1.165, 1.54) is 24.8 Å². The zero-order valence-corrected chi connectivity index (χ0v) is 13.8. The fraction of sp³-hybridized carbons (Fsp3) is 0.632. The molecule has 1 heterocycles. The lowest BCUT2D eigenvalue weighted by molar-refractivity contribution is -0.148. The van der Waals surface area contributed by atoms with Gasteiger partial charge in [0.05, 0.1) is 0 Å². The van der Waals surface area contributed by atoms with Gasteiger partial charge in [0.15, 0.2) is 0 Å². The fourth-order valence-electron chi connectivity index (χ4n) is 3.00. The molecule has 1 aliphatic heterocycles. The second-order valence-corrected chi connectivity index (χ2v) is 6.29. The summed E-state index contributed by atoms with van der Waals surface area (Å²) in [5.41, 5.74) is 1.32. The number of carbonyl (C=O) groups excluding carboxylic acids is 1. The van der Waals surface area contributed by atoms with Crippen LogP contribution in [0.25, 0.3) is 0 Å². The molecule has 22 heavy (non-hydrogen) atoms. The SMILES string of the molecule is CCCCCCCC(=O)OC1CCN(Cc2ccccc2)C1. The van der Waals surface area contributed by atoms with Gasteiger partial charge in [-0.1, -0.05) is 62.9 Å². The smallest absolute Gasteiger partial charge is 0.306 e. The Balaban J connectivity index is 1.60. The summed E-state index contributed by atoms with van der Waals surface area (Å²) in [7, 11) is 0. The van der Waals surface area contributed by atoms with Crippen LogP contribution in [0.4, 0.5) is 0 Å². The molecule has 3 heteroatoms. The molecule has 0 bridgehead atoms. The third kappa shape index (κ3) is 6.18. The first-order chi connectivity index (χ1) is 10.8. The predicted molar refractivity (Wildman–Crippen MR) is 89.6 cm³/mol. The Labute approximate surface area is 134 Å². The zero-order valence-electron chi connectivity index (χ0n) is 13.8. The maximum atomic E-state index is 11.9. The highest BCUT2D eigenvalue weighted by atomic mass is 16.5. The Morgan fingerprint density at radius 3 is 2.73 bits per heavy atom. The first-order valence-corrected chi connectivity index (χ1v) is 8.73. The summed E-state index contributed by atoms with van der Waals surface area (Å²) in [5.74, 6) is -0.0111. The van der Waals surface area contributed by atoms with Crippen molar-refractivity contribution in [3.63, 3.8) is 0 Å². The van der Waals surface area contributed by atoms with Crippen molar-refractivity contribution in [1.82, 2.24) is 4.90 Å². The van der Waals surface area contributed by atoms with Crippen molar-refractivity contribution >= 4 is 5.97 Å². The highest BCUT2D eigenvalue weighted by Crippen LogP contribution is 2.17. The highest BCUT2D eigenvalue weighted by molar-refractivity contribution is 5.69. The molecule has 1 fully saturated rings. The summed E-state index contributed by atoms with van der Waals surface area (Å²) >= 11 is 0.